The Balaban J connectivity index is 2.09. The van der Waals surface area contributed by atoms with Crippen molar-refractivity contribution in [2.24, 2.45) is 4.99 Å². The van der Waals surface area contributed by atoms with Crippen LogP contribution in [-0.2, 0) is 4.79 Å². The van der Waals surface area contributed by atoms with E-state index < -0.39 is 5.54 Å². The number of hydrogen-bond acceptors (Lipinski definition) is 4. The number of amides is 1. The zero-order chi connectivity index (χ0) is 10.4. The molecule has 0 aromatic rings. The van der Waals surface area contributed by atoms with Crippen LogP contribution in [0.3, 0.4) is 0 Å². The molecule has 14 heavy (non-hydrogen) atoms. The molecular formula is C9H15N3OS. The van der Waals surface area contributed by atoms with E-state index in [1.165, 1.54) is 0 Å². The molecule has 0 unspecified atom stereocenters. The summed E-state index contributed by atoms with van der Waals surface area (Å²) in [4.78, 5) is 16.0. The fourth-order valence-corrected chi connectivity index (χ4v) is 2.40. The van der Waals surface area contributed by atoms with Crippen LogP contribution in [0.2, 0.25) is 0 Å². The van der Waals surface area contributed by atoms with E-state index in [0.717, 1.165) is 11.5 Å². The SMILES string of the molecule is CC(C)(C)NC1=NC2(CSC2)C(=O)N1. The summed E-state index contributed by atoms with van der Waals surface area (Å²) >= 11 is 1.76. The van der Waals surface area contributed by atoms with Crippen LogP contribution in [0.5, 0.6) is 0 Å². The van der Waals surface area contributed by atoms with E-state index in [0.29, 0.717) is 5.96 Å². The first-order chi connectivity index (χ1) is 6.41. The van der Waals surface area contributed by atoms with Gasteiger partial charge in [0.15, 0.2) is 11.5 Å². The average molecular weight is 213 g/mol. The van der Waals surface area contributed by atoms with Gasteiger partial charge in [0, 0.05) is 17.0 Å². The molecule has 0 atom stereocenters. The van der Waals surface area contributed by atoms with Crippen molar-refractivity contribution in [1.29, 1.82) is 0 Å². The Morgan fingerprint density at radius 2 is 2.14 bits per heavy atom. The lowest BCUT2D eigenvalue weighted by molar-refractivity contribution is -0.122. The van der Waals surface area contributed by atoms with E-state index in [4.69, 9.17) is 0 Å². The van der Waals surface area contributed by atoms with Gasteiger partial charge in [0.25, 0.3) is 5.91 Å². The Hall–Kier alpha value is -0.710. The first-order valence-electron chi connectivity index (χ1n) is 4.69. The zero-order valence-electron chi connectivity index (χ0n) is 8.68. The second-order valence-electron chi connectivity index (χ2n) is 4.81. The van der Waals surface area contributed by atoms with Crippen molar-refractivity contribution >= 4 is 23.6 Å². The van der Waals surface area contributed by atoms with Gasteiger partial charge in [0.2, 0.25) is 0 Å². The van der Waals surface area contributed by atoms with E-state index in [1.54, 1.807) is 11.8 Å². The highest BCUT2D eigenvalue weighted by atomic mass is 32.2. The predicted octanol–water partition coefficient (Wildman–Crippen LogP) is 0.346. The van der Waals surface area contributed by atoms with Crippen LogP contribution < -0.4 is 10.6 Å². The number of carbonyl (C=O) groups is 1. The number of aliphatic imine (C=N–C) groups is 1. The molecule has 78 valence electrons. The topological polar surface area (TPSA) is 53.5 Å². The molecule has 0 bridgehead atoms. The van der Waals surface area contributed by atoms with Gasteiger partial charge in [0.05, 0.1) is 0 Å². The molecule has 5 heteroatoms. The third-order valence-corrected chi connectivity index (χ3v) is 3.52. The minimum atomic E-state index is -0.446. The van der Waals surface area contributed by atoms with Gasteiger partial charge in [-0.15, -0.1) is 0 Å². The number of hydrogen-bond donors (Lipinski definition) is 2. The highest BCUT2D eigenvalue weighted by Gasteiger charge is 2.49. The summed E-state index contributed by atoms with van der Waals surface area (Å²) in [5, 5.41) is 5.97. The van der Waals surface area contributed by atoms with Crippen LogP contribution in [0, 0.1) is 0 Å². The Kier molecular flexibility index (Phi) is 2.03. The average Bonchev–Trinajstić information content (AvgIpc) is 2.21. The lowest BCUT2D eigenvalue weighted by atomic mass is 10.1. The van der Waals surface area contributed by atoms with E-state index in [2.05, 4.69) is 15.6 Å². The van der Waals surface area contributed by atoms with Crippen molar-refractivity contribution in [1.82, 2.24) is 10.6 Å². The monoisotopic (exact) mass is 213 g/mol. The lowest BCUT2D eigenvalue weighted by Gasteiger charge is -2.30. The van der Waals surface area contributed by atoms with Gasteiger partial charge in [-0.3, -0.25) is 10.1 Å². The maximum Gasteiger partial charge on any atom is 0.256 e. The fraction of sp³-hybridized carbons (Fsp3) is 0.778. The molecule has 2 N–H and O–H groups in total. The van der Waals surface area contributed by atoms with Crippen molar-refractivity contribution in [2.45, 2.75) is 31.8 Å². The summed E-state index contributed by atoms with van der Waals surface area (Å²) in [6.45, 7) is 6.13. The second-order valence-corrected chi connectivity index (χ2v) is 5.80. The predicted molar refractivity (Wildman–Crippen MR) is 58.5 cm³/mol. The standard InChI is InChI=1S/C9H15N3OS/c1-8(2,3)11-7-10-6(13)9(12-7)4-14-5-9/h4-5H2,1-3H3,(H2,10,11,12,13). The number of carbonyl (C=O) groups excluding carboxylic acids is 1. The van der Waals surface area contributed by atoms with Gasteiger partial charge in [-0.2, -0.15) is 11.8 Å². The summed E-state index contributed by atoms with van der Waals surface area (Å²) in [5.41, 5.74) is -0.507. The van der Waals surface area contributed by atoms with E-state index in [1.807, 2.05) is 20.8 Å². The van der Waals surface area contributed by atoms with Crippen molar-refractivity contribution in [2.75, 3.05) is 11.5 Å². The molecule has 2 aliphatic rings. The van der Waals surface area contributed by atoms with Crippen LogP contribution in [0.1, 0.15) is 20.8 Å². The van der Waals surface area contributed by atoms with Crippen LogP contribution in [0.4, 0.5) is 0 Å². The van der Waals surface area contributed by atoms with Gasteiger partial charge in [0.1, 0.15) is 0 Å². The van der Waals surface area contributed by atoms with Gasteiger partial charge in [-0.1, -0.05) is 0 Å². The molecule has 1 saturated heterocycles. The highest BCUT2D eigenvalue weighted by Crippen LogP contribution is 2.35. The van der Waals surface area contributed by atoms with Gasteiger partial charge >= 0.3 is 0 Å². The number of nitrogens with one attached hydrogen (secondary N) is 2. The Bertz CT molecular complexity index is 302. The fourth-order valence-electron chi connectivity index (χ4n) is 1.42. The Morgan fingerprint density at radius 3 is 2.50 bits per heavy atom. The normalized spacial score (nSPS) is 24.2. The third kappa shape index (κ3) is 1.61. The second kappa shape index (κ2) is 2.89. The Labute approximate surface area is 87.9 Å². The van der Waals surface area contributed by atoms with E-state index in [9.17, 15) is 4.79 Å². The molecule has 2 aliphatic heterocycles. The number of thioether (sulfide) groups is 1. The molecule has 1 amide bonds. The minimum absolute atomic E-state index is 0.0444. The van der Waals surface area contributed by atoms with E-state index in [-0.39, 0.29) is 11.4 Å². The molecule has 1 spiro atoms. The molecule has 0 aliphatic carbocycles. The lowest BCUT2D eigenvalue weighted by Crippen LogP contribution is -2.51. The maximum absolute atomic E-state index is 11.6. The zero-order valence-corrected chi connectivity index (χ0v) is 9.49. The van der Waals surface area contributed by atoms with Gasteiger partial charge < -0.3 is 5.32 Å². The van der Waals surface area contributed by atoms with Crippen molar-refractivity contribution in [3.63, 3.8) is 0 Å². The summed E-state index contributed by atoms with van der Waals surface area (Å²) in [6, 6.07) is 0. The number of guanidine groups is 1. The highest BCUT2D eigenvalue weighted by molar-refractivity contribution is 8.01. The molecule has 4 nitrogen and oxygen atoms in total. The molecule has 0 aromatic carbocycles. The molecule has 2 heterocycles. The molecule has 0 saturated carbocycles. The maximum atomic E-state index is 11.6. The van der Waals surface area contributed by atoms with Crippen molar-refractivity contribution in [3.05, 3.63) is 0 Å². The molecular weight excluding hydrogens is 198 g/mol. The van der Waals surface area contributed by atoms with E-state index >= 15 is 0 Å². The number of nitrogens with zero attached hydrogens (tertiary/aromatic N) is 1. The molecule has 1 fully saturated rings. The molecule has 0 aromatic heterocycles. The first kappa shape index (κ1) is 9.83. The third-order valence-electron chi connectivity index (χ3n) is 2.16. The Morgan fingerprint density at radius 1 is 1.50 bits per heavy atom. The largest absolute Gasteiger partial charge is 0.351 e. The van der Waals surface area contributed by atoms with Crippen LogP contribution in [0.25, 0.3) is 0 Å². The smallest absolute Gasteiger partial charge is 0.256 e. The van der Waals surface area contributed by atoms with Crippen LogP contribution >= 0.6 is 11.8 Å². The summed E-state index contributed by atoms with van der Waals surface area (Å²) in [6.07, 6.45) is 0. The van der Waals surface area contributed by atoms with Crippen molar-refractivity contribution in [3.8, 4) is 0 Å². The van der Waals surface area contributed by atoms with Gasteiger partial charge in [-0.05, 0) is 20.8 Å². The summed E-state index contributed by atoms with van der Waals surface area (Å²) in [5.74, 6) is 2.30. The minimum Gasteiger partial charge on any atom is -0.351 e. The summed E-state index contributed by atoms with van der Waals surface area (Å²) in [7, 11) is 0. The molecule has 2 rings (SSSR count). The quantitative estimate of drug-likeness (QED) is 0.610. The van der Waals surface area contributed by atoms with Crippen molar-refractivity contribution < 1.29 is 4.79 Å². The molecule has 0 radical (unpaired) electrons. The van der Waals surface area contributed by atoms with Gasteiger partial charge in [-0.25, -0.2) is 4.99 Å². The van der Waals surface area contributed by atoms with Crippen LogP contribution in [0.15, 0.2) is 4.99 Å². The first-order valence-corrected chi connectivity index (χ1v) is 5.84. The number of rotatable bonds is 0. The van der Waals surface area contributed by atoms with Crippen LogP contribution in [-0.4, -0.2) is 34.5 Å². The summed E-state index contributed by atoms with van der Waals surface area (Å²) < 4.78 is 0.